The van der Waals surface area contributed by atoms with Crippen LogP contribution in [0.2, 0.25) is 0 Å². The Balaban J connectivity index is 2.06. The summed E-state index contributed by atoms with van der Waals surface area (Å²) in [6, 6.07) is 21.7. The van der Waals surface area contributed by atoms with E-state index >= 15 is 0 Å². The summed E-state index contributed by atoms with van der Waals surface area (Å²) in [5, 5.41) is 14.6. The first-order valence-electron chi connectivity index (χ1n) is 12.3. The molecule has 186 valence electrons. The highest BCUT2D eigenvalue weighted by molar-refractivity contribution is 5.78. The third-order valence-corrected chi connectivity index (χ3v) is 6.20. The second-order valence-corrected chi connectivity index (χ2v) is 11.1. The molecule has 0 bridgehead atoms. The first-order valence-corrected chi connectivity index (χ1v) is 12.3. The van der Waals surface area contributed by atoms with Crippen molar-refractivity contribution in [3.05, 3.63) is 89.0 Å². The average molecular weight is 474 g/mol. The average Bonchev–Trinajstić information content (AvgIpc) is 2.79. The Morgan fingerprint density at radius 3 is 1.97 bits per heavy atom. The van der Waals surface area contributed by atoms with Crippen LogP contribution in [0.15, 0.2) is 66.7 Å². The SMILES string of the molecule is CCOC(=O)C(NCc1ccccc1-c1ccccc1)c1cc(C(C)(C)C)c(O)c(C(C)(C)C)c1. The van der Waals surface area contributed by atoms with Crippen molar-refractivity contribution >= 4 is 5.97 Å². The van der Waals surface area contributed by atoms with Crippen LogP contribution < -0.4 is 5.32 Å². The summed E-state index contributed by atoms with van der Waals surface area (Å²) in [6.07, 6.45) is 0. The van der Waals surface area contributed by atoms with Gasteiger partial charge < -0.3 is 9.84 Å². The lowest BCUT2D eigenvalue weighted by Crippen LogP contribution is -2.31. The van der Waals surface area contributed by atoms with Crippen molar-refractivity contribution in [3.63, 3.8) is 0 Å². The van der Waals surface area contributed by atoms with E-state index in [4.69, 9.17) is 4.74 Å². The molecule has 4 heteroatoms. The maximum atomic E-state index is 13.2. The van der Waals surface area contributed by atoms with Crippen LogP contribution in [0.5, 0.6) is 5.75 Å². The summed E-state index contributed by atoms with van der Waals surface area (Å²) in [5.41, 5.74) is 5.21. The van der Waals surface area contributed by atoms with Crippen LogP contribution in [0.25, 0.3) is 11.1 Å². The molecule has 3 aromatic rings. The Morgan fingerprint density at radius 1 is 0.886 bits per heavy atom. The highest BCUT2D eigenvalue weighted by Crippen LogP contribution is 2.41. The molecule has 1 atom stereocenters. The summed E-state index contributed by atoms with van der Waals surface area (Å²) in [7, 11) is 0. The van der Waals surface area contributed by atoms with Crippen molar-refractivity contribution in [1.29, 1.82) is 0 Å². The molecular weight excluding hydrogens is 434 g/mol. The van der Waals surface area contributed by atoms with Gasteiger partial charge in [-0.15, -0.1) is 0 Å². The summed E-state index contributed by atoms with van der Waals surface area (Å²) in [6.45, 7) is 15.0. The molecule has 0 amide bonds. The number of esters is 1. The number of ether oxygens (including phenoxy) is 1. The van der Waals surface area contributed by atoms with Gasteiger partial charge in [0.2, 0.25) is 0 Å². The van der Waals surface area contributed by atoms with Crippen LogP contribution >= 0.6 is 0 Å². The minimum absolute atomic E-state index is 0.292. The van der Waals surface area contributed by atoms with Crippen molar-refractivity contribution in [2.75, 3.05) is 6.61 Å². The minimum atomic E-state index is -0.665. The molecule has 3 rings (SSSR count). The van der Waals surface area contributed by atoms with Crippen molar-refractivity contribution < 1.29 is 14.6 Å². The number of hydrogen-bond acceptors (Lipinski definition) is 4. The Morgan fingerprint density at radius 2 is 1.43 bits per heavy atom. The second kappa shape index (κ2) is 10.7. The molecule has 0 radical (unpaired) electrons. The molecule has 35 heavy (non-hydrogen) atoms. The Hall–Kier alpha value is -3.11. The van der Waals surface area contributed by atoms with Gasteiger partial charge in [-0.1, -0.05) is 96.1 Å². The molecule has 0 fully saturated rings. The van der Waals surface area contributed by atoms with E-state index in [1.54, 1.807) is 0 Å². The van der Waals surface area contributed by atoms with E-state index in [9.17, 15) is 9.90 Å². The van der Waals surface area contributed by atoms with Crippen LogP contribution in [-0.4, -0.2) is 17.7 Å². The molecule has 0 heterocycles. The number of phenolic OH excluding ortho intramolecular Hbond substituents is 1. The van der Waals surface area contributed by atoms with Crippen molar-refractivity contribution in [3.8, 4) is 16.9 Å². The Labute approximate surface area is 210 Å². The maximum Gasteiger partial charge on any atom is 0.327 e. The lowest BCUT2D eigenvalue weighted by atomic mass is 9.77. The van der Waals surface area contributed by atoms with Crippen LogP contribution in [0.3, 0.4) is 0 Å². The molecule has 0 aromatic heterocycles. The largest absolute Gasteiger partial charge is 0.507 e. The number of phenols is 1. The number of rotatable bonds is 7. The predicted octanol–water partition coefficient (Wildman–Crippen LogP) is 7.05. The third kappa shape index (κ3) is 6.32. The normalized spacial score (nSPS) is 12.9. The fourth-order valence-electron chi connectivity index (χ4n) is 4.32. The fraction of sp³-hybridized carbons (Fsp3) is 0.387. The summed E-state index contributed by atoms with van der Waals surface area (Å²) < 4.78 is 5.48. The number of nitrogens with one attached hydrogen (secondary N) is 1. The smallest absolute Gasteiger partial charge is 0.327 e. The lowest BCUT2D eigenvalue weighted by molar-refractivity contribution is -0.145. The molecule has 2 N–H and O–H groups in total. The van der Waals surface area contributed by atoms with Crippen LogP contribution in [0, 0.1) is 0 Å². The van der Waals surface area contributed by atoms with E-state index in [2.05, 4.69) is 71.1 Å². The summed E-state index contributed by atoms with van der Waals surface area (Å²) in [4.78, 5) is 13.2. The predicted molar refractivity (Wildman–Crippen MR) is 144 cm³/mol. The fourth-order valence-corrected chi connectivity index (χ4v) is 4.32. The molecule has 0 spiro atoms. The van der Waals surface area contributed by atoms with Gasteiger partial charge in [-0.2, -0.15) is 0 Å². The van der Waals surface area contributed by atoms with Crippen molar-refractivity contribution in [2.45, 2.75) is 71.9 Å². The number of carbonyl (C=O) groups excluding carboxylic acids is 1. The zero-order valence-electron chi connectivity index (χ0n) is 22.1. The van der Waals surface area contributed by atoms with Gasteiger partial charge >= 0.3 is 5.97 Å². The molecule has 4 nitrogen and oxygen atoms in total. The topological polar surface area (TPSA) is 58.6 Å². The third-order valence-electron chi connectivity index (χ3n) is 6.20. The van der Waals surface area contributed by atoms with E-state index < -0.39 is 6.04 Å². The van der Waals surface area contributed by atoms with Crippen molar-refractivity contribution in [2.24, 2.45) is 0 Å². The van der Waals surface area contributed by atoms with Crippen LogP contribution in [0.4, 0.5) is 0 Å². The second-order valence-electron chi connectivity index (χ2n) is 11.1. The van der Waals surface area contributed by atoms with E-state index in [0.29, 0.717) is 18.9 Å². The molecule has 3 aromatic carbocycles. The number of benzene rings is 3. The van der Waals surface area contributed by atoms with Gasteiger partial charge in [-0.25, -0.2) is 4.79 Å². The highest BCUT2D eigenvalue weighted by Gasteiger charge is 2.30. The van der Waals surface area contributed by atoms with E-state index in [0.717, 1.165) is 33.4 Å². The highest BCUT2D eigenvalue weighted by atomic mass is 16.5. The molecule has 0 aliphatic rings. The van der Waals surface area contributed by atoms with Gasteiger partial charge in [0.1, 0.15) is 11.8 Å². The molecule has 0 saturated heterocycles. The quantitative estimate of drug-likeness (QED) is 0.361. The first kappa shape index (κ1) is 26.5. The van der Waals surface area contributed by atoms with Gasteiger partial charge in [0.15, 0.2) is 0 Å². The van der Waals surface area contributed by atoms with Gasteiger partial charge in [-0.05, 0) is 63.3 Å². The molecule has 0 saturated carbocycles. The molecule has 1 unspecified atom stereocenters. The minimum Gasteiger partial charge on any atom is -0.507 e. The van der Waals surface area contributed by atoms with Crippen molar-refractivity contribution in [1.82, 2.24) is 5.32 Å². The van der Waals surface area contributed by atoms with Crippen LogP contribution in [0.1, 0.15) is 76.8 Å². The van der Waals surface area contributed by atoms with Gasteiger partial charge in [0, 0.05) is 6.54 Å². The summed E-state index contributed by atoms with van der Waals surface area (Å²) in [5.74, 6) is -0.0270. The Kier molecular flexibility index (Phi) is 8.07. The number of aromatic hydroxyl groups is 1. The van der Waals surface area contributed by atoms with Crippen LogP contribution in [-0.2, 0) is 26.9 Å². The van der Waals surface area contributed by atoms with Gasteiger partial charge in [0.05, 0.1) is 6.61 Å². The Bertz CT molecular complexity index is 1120. The number of carbonyl (C=O) groups is 1. The maximum absolute atomic E-state index is 13.2. The molecular formula is C31H39NO3. The first-order chi connectivity index (χ1) is 16.4. The standard InChI is InChI=1S/C31H39NO3/c1-8-35-29(34)27(23-18-25(30(2,3)4)28(33)26(19-23)31(5,6)7)32-20-22-16-12-13-17-24(22)21-14-10-9-11-15-21/h9-19,27,32-33H,8,20H2,1-7H3. The monoisotopic (exact) mass is 473 g/mol. The zero-order chi connectivity index (χ0) is 25.8. The van der Waals surface area contributed by atoms with E-state index in [1.165, 1.54) is 0 Å². The molecule has 0 aliphatic carbocycles. The number of hydrogen-bond donors (Lipinski definition) is 2. The van der Waals surface area contributed by atoms with Gasteiger partial charge in [0.25, 0.3) is 0 Å². The molecule has 0 aliphatic heterocycles. The van der Waals surface area contributed by atoms with E-state index in [1.807, 2.05) is 49.4 Å². The van der Waals surface area contributed by atoms with E-state index in [-0.39, 0.29) is 16.8 Å². The zero-order valence-corrected chi connectivity index (χ0v) is 22.1. The summed E-state index contributed by atoms with van der Waals surface area (Å²) >= 11 is 0. The van der Waals surface area contributed by atoms with Gasteiger partial charge in [-0.3, -0.25) is 5.32 Å². The lowest BCUT2D eigenvalue weighted by Gasteiger charge is -2.30.